The lowest BCUT2D eigenvalue weighted by Crippen LogP contribution is -2.31. The van der Waals surface area contributed by atoms with Gasteiger partial charge in [0, 0.05) is 24.5 Å². The van der Waals surface area contributed by atoms with E-state index >= 15 is 0 Å². The molecule has 3 N–H and O–H groups in total. The van der Waals surface area contributed by atoms with Crippen LogP contribution in [0, 0.1) is 5.82 Å². The first-order valence-electron chi connectivity index (χ1n) is 8.36. The van der Waals surface area contributed by atoms with E-state index in [0.29, 0.717) is 36.2 Å². The monoisotopic (exact) mass is 388 g/mol. The van der Waals surface area contributed by atoms with Crippen molar-refractivity contribution in [3.8, 4) is 11.1 Å². The van der Waals surface area contributed by atoms with E-state index in [-0.39, 0.29) is 16.7 Å². The van der Waals surface area contributed by atoms with Crippen LogP contribution in [0.1, 0.15) is 24.6 Å². The molecular formula is C17H17FN6O2S. The fourth-order valence-corrected chi connectivity index (χ4v) is 4.90. The Kier molecular flexibility index (Phi) is 4.36. The Morgan fingerprint density at radius 1 is 1.22 bits per heavy atom. The quantitative estimate of drug-likeness (QED) is 0.707. The molecule has 3 aromatic rings. The van der Waals surface area contributed by atoms with Gasteiger partial charge in [0.25, 0.3) is 0 Å². The highest BCUT2D eigenvalue weighted by molar-refractivity contribution is 7.89. The number of halogens is 1. The van der Waals surface area contributed by atoms with Crippen molar-refractivity contribution < 1.29 is 12.8 Å². The number of aromatic nitrogens is 4. The number of hydrogen-bond donors (Lipinski definition) is 2. The van der Waals surface area contributed by atoms with Gasteiger partial charge in [0.2, 0.25) is 16.0 Å². The summed E-state index contributed by atoms with van der Waals surface area (Å²) >= 11 is 0. The zero-order valence-corrected chi connectivity index (χ0v) is 15.0. The molecule has 10 heteroatoms. The molecule has 1 saturated heterocycles. The van der Waals surface area contributed by atoms with Crippen molar-refractivity contribution in [3.63, 3.8) is 0 Å². The molecule has 0 bridgehead atoms. The largest absolute Gasteiger partial charge is 0.368 e. The summed E-state index contributed by atoms with van der Waals surface area (Å²) in [6.07, 6.45) is 5.46. The Bertz CT molecular complexity index is 1050. The normalized spacial score (nSPS) is 18.0. The van der Waals surface area contributed by atoms with Gasteiger partial charge in [-0.05, 0) is 30.5 Å². The second kappa shape index (κ2) is 6.71. The molecule has 1 aromatic carbocycles. The number of nitrogens with zero attached hydrogens (tertiary/aromatic N) is 4. The minimum Gasteiger partial charge on any atom is -0.368 e. The van der Waals surface area contributed by atoms with Crippen LogP contribution in [0.3, 0.4) is 0 Å². The zero-order valence-electron chi connectivity index (χ0n) is 14.2. The number of sulfonamides is 1. The second-order valence-electron chi connectivity index (χ2n) is 6.24. The number of nitrogen functional groups attached to an aromatic ring is 1. The average Bonchev–Trinajstić information content (AvgIpc) is 3.35. The number of H-pyrrole nitrogens is 1. The minimum absolute atomic E-state index is 0.0587. The third kappa shape index (κ3) is 3.17. The topological polar surface area (TPSA) is 118 Å². The smallest absolute Gasteiger partial charge is 0.246 e. The van der Waals surface area contributed by atoms with E-state index in [1.165, 1.54) is 28.8 Å². The maximum Gasteiger partial charge on any atom is 0.246 e. The van der Waals surface area contributed by atoms with E-state index in [9.17, 15) is 12.8 Å². The number of aromatic amines is 1. The summed E-state index contributed by atoms with van der Waals surface area (Å²) in [5, 5.41) is 6.26. The molecule has 0 amide bonds. The van der Waals surface area contributed by atoms with E-state index in [2.05, 4.69) is 20.2 Å². The van der Waals surface area contributed by atoms with Gasteiger partial charge in [-0.25, -0.2) is 22.8 Å². The molecule has 8 nitrogen and oxygen atoms in total. The first kappa shape index (κ1) is 17.6. The lowest BCUT2D eigenvalue weighted by molar-refractivity contribution is 0.391. The van der Waals surface area contributed by atoms with Crippen molar-refractivity contribution in [1.29, 1.82) is 0 Å². The third-order valence-electron chi connectivity index (χ3n) is 4.59. The summed E-state index contributed by atoms with van der Waals surface area (Å²) in [6, 6.07) is 5.40. The van der Waals surface area contributed by atoms with Crippen LogP contribution in [0.5, 0.6) is 0 Å². The molecule has 2 aromatic heterocycles. The molecule has 1 aliphatic heterocycles. The predicted molar refractivity (Wildman–Crippen MR) is 96.3 cm³/mol. The van der Waals surface area contributed by atoms with Gasteiger partial charge >= 0.3 is 0 Å². The summed E-state index contributed by atoms with van der Waals surface area (Å²) in [4.78, 5) is 8.48. The fraction of sp³-hybridized carbons (Fsp3) is 0.235. The van der Waals surface area contributed by atoms with Gasteiger partial charge in [-0.1, -0.05) is 12.1 Å². The molecule has 140 valence electrons. The van der Waals surface area contributed by atoms with Crippen molar-refractivity contribution in [1.82, 2.24) is 24.5 Å². The van der Waals surface area contributed by atoms with Crippen LogP contribution >= 0.6 is 0 Å². The highest BCUT2D eigenvalue weighted by atomic mass is 32.2. The number of rotatable bonds is 4. The van der Waals surface area contributed by atoms with Crippen LogP contribution in [-0.4, -0.2) is 39.4 Å². The first-order chi connectivity index (χ1) is 13.0. The van der Waals surface area contributed by atoms with Crippen LogP contribution < -0.4 is 5.73 Å². The number of nitrogens with one attached hydrogen (secondary N) is 1. The lowest BCUT2D eigenvalue weighted by Gasteiger charge is -2.24. The van der Waals surface area contributed by atoms with Gasteiger partial charge in [-0.2, -0.15) is 9.40 Å². The molecule has 0 aliphatic carbocycles. The van der Waals surface area contributed by atoms with Crippen molar-refractivity contribution >= 4 is 16.0 Å². The number of anilines is 1. The molecule has 1 aliphatic rings. The Labute approximate surface area is 155 Å². The van der Waals surface area contributed by atoms with Gasteiger partial charge in [0.1, 0.15) is 10.7 Å². The van der Waals surface area contributed by atoms with Crippen LogP contribution in [0.25, 0.3) is 11.1 Å². The highest BCUT2D eigenvalue weighted by Crippen LogP contribution is 2.39. The molecule has 4 rings (SSSR count). The summed E-state index contributed by atoms with van der Waals surface area (Å²) in [7, 11) is -3.73. The van der Waals surface area contributed by atoms with Crippen molar-refractivity contribution in [2.75, 3.05) is 12.3 Å². The molecule has 1 atom stereocenters. The van der Waals surface area contributed by atoms with E-state index in [4.69, 9.17) is 5.73 Å². The lowest BCUT2D eigenvalue weighted by atomic mass is 10.0. The Hall–Kier alpha value is -2.85. The maximum atomic E-state index is 13.3. The summed E-state index contributed by atoms with van der Waals surface area (Å²) in [5.74, 6) is -0.301. The van der Waals surface area contributed by atoms with Crippen LogP contribution in [0.4, 0.5) is 10.3 Å². The minimum atomic E-state index is -3.73. The van der Waals surface area contributed by atoms with Crippen LogP contribution in [-0.2, 0) is 10.0 Å². The van der Waals surface area contributed by atoms with E-state index in [1.807, 2.05) is 0 Å². The molecule has 1 fully saturated rings. The Morgan fingerprint density at radius 2 is 2.00 bits per heavy atom. The van der Waals surface area contributed by atoms with E-state index in [0.717, 1.165) is 0 Å². The molecule has 27 heavy (non-hydrogen) atoms. The first-order valence-corrected chi connectivity index (χ1v) is 9.80. The zero-order chi connectivity index (χ0) is 19.0. The average molecular weight is 388 g/mol. The second-order valence-corrected chi connectivity index (χ2v) is 8.13. The molecular weight excluding hydrogens is 371 g/mol. The summed E-state index contributed by atoms with van der Waals surface area (Å²) in [6.45, 7) is 0.366. The maximum absolute atomic E-state index is 13.3. The van der Waals surface area contributed by atoms with E-state index < -0.39 is 16.1 Å². The van der Waals surface area contributed by atoms with Crippen molar-refractivity contribution in [3.05, 3.63) is 54.4 Å². The van der Waals surface area contributed by atoms with Gasteiger partial charge < -0.3 is 5.73 Å². The highest BCUT2D eigenvalue weighted by Gasteiger charge is 2.38. The van der Waals surface area contributed by atoms with Gasteiger partial charge in [0.05, 0.1) is 17.9 Å². The standard InChI is InChI=1S/C17H17FN6O2S/c18-12-5-3-11(4-6-12)14-10-20-17(19)23-16(14)15-2-1-7-24(15)27(25,26)13-8-21-22-9-13/h3-6,8-10,15H,1-2,7H2,(H,21,22)(H2,19,20,23)/t15-/m1/s1. The molecule has 0 unspecified atom stereocenters. The molecule has 0 radical (unpaired) electrons. The van der Waals surface area contributed by atoms with Crippen molar-refractivity contribution in [2.24, 2.45) is 0 Å². The number of benzene rings is 1. The number of hydrogen-bond acceptors (Lipinski definition) is 6. The SMILES string of the molecule is Nc1ncc(-c2ccc(F)cc2)c([C@H]2CCCN2S(=O)(=O)c2cn[nH]c2)n1. The molecule has 0 spiro atoms. The van der Waals surface area contributed by atoms with Crippen LogP contribution in [0.2, 0.25) is 0 Å². The molecule has 0 saturated carbocycles. The number of nitrogens with two attached hydrogens (primary N) is 1. The van der Waals surface area contributed by atoms with E-state index in [1.54, 1.807) is 18.3 Å². The summed E-state index contributed by atoms with van der Waals surface area (Å²) < 4.78 is 40.7. The Balaban J connectivity index is 1.80. The fourth-order valence-electron chi connectivity index (χ4n) is 3.33. The predicted octanol–water partition coefficient (Wildman–Crippen LogP) is 2.11. The van der Waals surface area contributed by atoms with Crippen LogP contribution in [0.15, 0.2) is 47.8 Å². The molecule has 3 heterocycles. The third-order valence-corrected chi connectivity index (χ3v) is 6.46. The Morgan fingerprint density at radius 3 is 2.70 bits per heavy atom. The van der Waals surface area contributed by atoms with Gasteiger partial charge in [0.15, 0.2) is 0 Å². The van der Waals surface area contributed by atoms with Gasteiger partial charge in [-0.3, -0.25) is 5.10 Å². The summed E-state index contributed by atoms with van der Waals surface area (Å²) in [5.41, 5.74) is 7.62. The van der Waals surface area contributed by atoms with Crippen molar-refractivity contribution in [2.45, 2.75) is 23.8 Å². The van der Waals surface area contributed by atoms with Gasteiger partial charge in [-0.15, -0.1) is 0 Å².